The van der Waals surface area contributed by atoms with Gasteiger partial charge in [-0.05, 0) is 36.4 Å². The molecule has 1 heterocycles. The molecule has 2 aromatic rings. The minimum Gasteiger partial charge on any atom is -0.497 e. The normalized spacial score (nSPS) is 23.4. The first kappa shape index (κ1) is 20.8. The van der Waals surface area contributed by atoms with Gasteiger partial charge in [-0.3, -0.25) is 9.59 Å². The Morgan fingerprint density at radius 3 is 2.31 bits per heavy atom. The lowest BCUT2D eigenvalue weighted by molar-refractivity contribution is -0.120. The van der Waals surface area contributed by atoms with Gasteiger partial charge in [0.15, 0.2) is 0 Å². The second-order valence-corrected chi connectivity index (χ2v) is 6.75. The molecule has 8 nitrogen and oxygen atoms in total. The zero-order valence-electron chi connectivity index (χ0n) is 15.9. The van der Waals surface area contributed by atoms with Crippen LogP contribution in [0, 0.1) is 0 Å². The van der Waals surface area contributed by atoms with Crippen LogP contribution in [0.5, 0.6) is 5.75 Å². The molecular weight excluding hydrogens is 376 g/mol. The molecule has 1 fully saturated rings. The molecule has 8 heteroatoms. The Labute approximate surface area is 168 Å². The summed E-state index contributed by atoms with van der Waals surface area (Å²) in [6, 6.07) is 15.5. The minimum absolute atomic E-state index is 0.000106. The van der Waals surface area contributed by atoms with Crippen molar-refractivity contribution in [2.24, 2.45) is 0 Å². The van der Waals surface area contributed by atoms with Gasteiger partial charge in [0.2, 0.25) is 5.91 Å². The van der Waals surface area contributed by atoms with Crippen LogP contribution in [0.25, 0.3) is 0 Å². The molecule has 0 unspecified atom stereocenters. The van der Waals surface area contributed by atoms with Crippen LogP contribution in [0.1, 0.15) is 16.8 Å². The Balaban J connectivity index is 1.50. The number of aliphatic hydroxyl groups excluding tert-OH is 2. The molecule has 4 N–H and O–H groups in total. The van der Waals surface area contributed by atoms with Crippen LogP contribution >= 0.6 is 0 Å². The molecule has 0 bridgehead atoms. The Morgan fingerprint density at radius 2 is 1.66 bits per heavy atom. The van der Waals surface area contributed by atoms with E-state index in [4.69, 9.17) is 9.47 Å². The fraction of sp³-hybridized carbons (Fsp3) is 0.333. The van der Waals surface area contributed by atoms with Crippen LogP contribution < -0.4 is 15.4 Å². The van der Waals surface area contributed by atoms with E-state index in [-0.39, 0.29) is 24.8 Å². The summed E-state index contributed by atoms with van der Waals surface area (Å²) in [6.45, 7) is -0.000106. The second-order valence-electron chi connectivity index (χ2n) is 6.75. The van der Waals surface area contributed by atoms with Crippen molar-refractivity contribution >= 4 is 17.5 Å². The highest BCUT2D eigenvalue weighted by Crippen LogP contribution is 2.24. The molecular formula is C21H24N2O6. The van der Waals surface area contributed by atoms with Gasteiger partial charge < -0.3 is 30.3 Å². The summed E-state index contributed by atoms with van der Waals surface area (Å²) in [5.41, 5.74) is 1.06. The highest BCUT2D eigenvalue weighted by Gasteiger charge is 2.43. The van der Waals surface area contributed by atoms with Crippen molar-refractivity contribution in [1.82, 2.24) is 5.32 Å². The number of carbonyl (C=O) groups excluding carboxylic acids is 2. The summed E-state index contributed by atoms with van der Waals surface area (Å²) in [7, 11) is 1.54. The van der Waals surface area contributed by atoms with Gasteiger partial charge in [-0.15, -0.1) is 0 Å². The number of amides is 2. The van der Waals surface area contributed by atoms with Gasteiger partial charge in [0.1, 0.15) is 24.1 Å². The van der Waals surface area contributed by atoms with Crippen molar-refractivity contribution in [2.75, 3.05) is 19.0 Å². The zero-order chi connectivity index (χ0) is 20.8. The first-order valence-corrected chi connectivity index (χ1v) is 9.26. The van der Waals surface area contributed by atoms with Crippen LogP contribution in [0.15, 0.2) is 54.6 Å². The monoisotopic (exact) mass is 400 g/mol. The number of methoxy groups -OCH3 is 1. The molecule has 2 amide bonds. The third-order valence-electron chi connectivity index (χ3n) is 4.72. The second kappa shape index (κ2) is 9.51. The molecule has 154 valence electrons. The smallest absolute Gasteiger partial charge is 0.251 e. The largest absolute Gasteiger partial charge is 0.497 e. The third-order valence-corrected chi connectivity index (χ3v) is 4.72. The molecule has 0 spiro atoms. The molecule has 0 radical (unpaired) electrons. The van der Waals surface area contributed by atoms with Gasteiger partial charge in [0.05, 0.1) is 19.6 Å². The maximum atomic E-state index is 12.2. The van der Waals surface area contributed by atoms with Gasteiger partial charge in [0, 0.05) is 17.8 Å². The number of hydrogen-bond acceptors (Lipinski definition) is 6. The van der Waals surface area contributed by atoms with E-state index in [1.165, 1.54) is 7.11 Å². The van der Waals surface area contributed by atoms with Crippen molar-refractivity contribution in [3.8, 4) is 5.75 Å². The fourth-order valence-electron chi connectivity index (χ4n) is 3.12. The van der Waals surface area contributed by atoms with Gasteiger partial charge in [-0.25, -0.2) is 0 Å². The number of anilines is 1. The van der Waals surface area contributed by atoms with Gasteiger partial charge in [-0.1, -0.05) is 18.2 Å². The summed E-state index contributed by atoms with van der Waals surface area (Å²) in [6.07, 6.45) is -4.23. The maximum absolute atomic E-state index is 12.2. The molecule has 3 rings (SSSR count). The summed E-state index contributed by atoms with van der Waals surface area (Å²) in [5.74, 6) is -0.0468. The molecule has 1 aliphatic rings. The summed E-state index contributed by atoms with van der Waals surface area (Å²) in [5, 5.41) is 25.8. The number of aliphatic hydroxyl groups is 2. The van der Waals surface area contributed by atoms with E-state index in [1.54, 1.807) is 48.5 Å². The number of nitrogens with one attached hydrogen (secondary N) is 2. The number of hydrogen-bond donors (Lipinski definition) is 4. The Morgan fingerprint density at radius 1 is 1.00 bits per heavy atom. The van der Waals surface area contributed by atoms with E-state index < -0.39 is 24.4 Å². The van der Waals surface area contributed by atoms with Crippen molar-refractivity contribution < 1.29 is 29.3 Å². The van der Waals surface area contributed by atoms with Crippen molar-refractivity contribution in [1.29, 1.82) is 0 Å². The summed E-state index contributed by atoms with van der Waals surface area (Å²) in [4.78, 5) is 24.4. The van der Waals surface area contributed by atoms with Crippen LogP contribution in [0.4, 0.5) is 5.69 Å². The summed E-state index contributed by atoms with van der Waals surface area (Å²) >= 11 is 0. The van der Waals surface area contributed by atoms with Crippen LogP contribution in [-0.2, 0) is 9.53 Å². The summed E-state index contributed by atoms with van der Waals surface area (Å²) < 4.78 is 10.7. The molecule has 29 heavy (non-hydrogen) atoms. The minimum atomic E-state index is -1.22. The predicted octanol–water partition coefficient (Wildman–Crippen LogP) is 0.943. The van der Waals surface area contributed by atoms with E-state index in [1.807, 2.05) is 6.07 Å². The first-order chi connectivity index (χ1) is 14.0. The molecule has 1 saturated heterocycles. The number of ether oxygens (including phenoxy) is 2. The maximum Gasteiger partial charge on any atom is 0.251 e. The standard InChI is InChI=1S/C21H24N2O6/c1-28-15-9-7-13(8-10-15)21(27)22-12-17-20(26)19(25)16(29-17)11-18(24)23-14-5-3-2-4-6-14/h2-10,16-17,19-20,25-26H,11-12H2,1H3,(H,22,27)(H,23,24)/t16-,17-,19-,20+/m0/s1. The van der Waals surface area contributed by atoms with Gasteiger partial charge in [-0.2, -0.15) is 0 Å². The lowest BCUT2D eigenvalue weighted by Gasteiger charge is -2.15. The van der Waals surface area contributed by atoms with Crippen molar-refractivity contribution in [3.63, 3.8) is 0 Å². The first-order valence-electron chi connectivity index (χ1n) is 9.26. The molecule has 1 aliphatic heterocycles. The number of rotatable bonds is 7. The number of benzene rings is 2. The van der Waals surface area contributed by atoms with E-state index in [2.05, 4.69) is 10.6 Å². The fourth-order valence-corrected chi connectivity index (χ4v) is 3.12. The highest BCUT2D eigenvalue weighted by atomic mass is 16.5. The third kappa shape index (κ3) is 5.32. The Hall–Kier alpha value is -2.94. The quantitative estimate of drug-likeness (QED) is 0.550. The molecule has 0 saturated carbocycles. The van der Waals surface area contributed by atoms with Crippen molar-refractivity contribution in [2.45, 2.75) is 30.8 Å². The van der Waals surface area contributed by atoms with E-state index in [0.29, 0.717) is 17.0 Å². The average Bonchev–Trinajstić information content (AvgIpc) is 3.00. The molecule has 2 aromatic carbocycles. The number of para-hydroxylation sites is 1. The topological polar surface area (TPSA) is 117 Å². The van der Waals surface area contributed by atoms with E-state index in [0.717, 1.165) is 0 Å². The van der Waals surface area contributed by atoms with E-state index >= 15 is 0 Å². The number of carbonyl (C=O) groups is 2. The Kier molecular flexibility index (Phi) is 6.82. The lowest BCUT2D eigenvalue weighted by atomic mass is 10.1. The van der Waals surface area contributed by atoms with E-state index in [9.17, 15) is 19.8 Å². The lowest BCUT2D eigenvalue weighted by Crippen LogP contribution is -2.40. The molecule has 0 aliphatic carbocycles. The molecule has 4 atom stereocenters. The van der Waals surface area contributed by atoms with Crippen molar-refractivity contribution in [3.05, 3.63) is 60.2 Å². The average molecular weight is 400 g/mol. The SMILES string of the molecule is COc1ccc(C(=O)NC[C@@H]2O[C@@H](CC(=O)Nc3ccccc3)[C@H](O)[C@@H]2O)cc1. The van der Waals surface area contributed by atoms with Gasteiger partial charge >= 0.3 is 0 Å². The highest BCUT2D eigenvalue weighted by molar-refractivity contribution is 5.94. The van der Waals surface area contributed by atoms with Gasteiger partial charge in [0.25, 0.3) is 5.91 Å². The predicted molar refractivity (Wildman–Crippen MR) is 106 cm³/mol. The Bertz CT molecular complexity index is 827. The van der Waals surface area contributed by atoms with Crippen LogP contribution in [0.3, 0.4) is 0 Å². The van der Waals surface area contributed by atoms with Crippen LogP contribution in [-0.4, -0.2) is 60.1 Å². The molecule has 0 aromatic heterocycles. The van der Waals surface area contributed by atoms with Crippen LogP contribution in [0.2, 0.25) is 0 Å². The zero-order valence-corrected chi connectivity index (χ0v) is 15.9.